The van der Waals surface area contributed by atoms with Crippen molar-refractivity contribution >= 4 is 17.5 Å². The number of ether oxygens (including phenoxy) is 2. The van der Waals surface area contributed by atoms with Gasteiger partial charge in [-0.2, -0.15) is 0 Å². The maximum atomic E-state index is 12.5. The molecule has 1 heterocycles. The van der Waals surface area contributed by atoms with E-state index in [1.54, 1.807) is 24.1 Å². The summed E-state index contributed by atoms with van der Waals surface area (Å²) in [5.41, 5.74) is 1.61. The highest BCUT2D eigenvalue weighted by Crippen LogP contribution is 2.30. The second-order valence-electron chi connectivity index (χ2n) is 6.33. The Kier molecular flexibility index (Phi) is 5.41. The number of rotatable bonds is 5. The molecule has 0 spiro atoms. The molecule has 3 rings (SSSR count). The number of carbonyl (C=O) groups excluding carboxylic acids is 2. The Bertz CT molecular complexity index is 789. The molecule has 0 bridgehead atoms. The molecule has 26 heavy (non-hydrogen) atoms. The Balaban J connectivity index is 1.53. The van der Waals surface area contributed by atoms with Crippen molar-refractivity contribution in [2.75, 3.05) is 25.5 Å². The molecule has 1 N–H and O–H groups in total. The molecular weight excluding hydrogens is 332 g/mol. The number of nitrogens with one attached hydrogen (secondary N) is 1. The van der Waals surface area contributed by atoms with Crippen molar-refractivity contribution in [2.45, 2.75) is 19.4 Å². The molecule has 0 radical (unpaired) electrons. The minimum atomic E-state index is -0.194. The minimum Gasteiger partial charge on any atom is -0.486 e. The molecule has 2 amide bonds. The number of carbonyl (C=O) groups is 2. The van der Waals surface area contributed by atoms with Crippen LogP contribution in [0.5, 0.6) is 11.5 Å². The van der Waals surface area contributed by atoms with Crippen molar-refractivity contribution < 1.29 is 19.1 Å². The van der Waals surface area contributed by atoms with Gasteiger partial charge in [-0.3, -0.25) is 9.59 Å². The van der Waals surface area contributed by atoms with Gasteiger partial charge in [-0.1, -0.05) is 24.3 Å². The van der Waals surface area contributed by atoms with Crippen LogP contribution in [0.1, 0.15) is 12.5 Å². The molecule has 1 atom stereocenters. The van der Waals surface area contributed by atoms with Gasteiger partial charge in [-0.15, -0.1) is 0 Å². The molecule has 1 aliphatic rings. The van der Waals surface area contributed by atoms with E-state index in [0.29, 0.717) is 31.0 Å². The summed E-state index contributed by atoms with van der Waals surface area (Å²) >= 11 is 0. The lowest BCUT2D eigenvalue weighted by molar-refractivity contribution is -0.130. The molecule has 0 saturated carbocycles. The summed E-state index contributed by atoms with van der Waals surface area (Å²) in [7, 11) is 1.76. The Labute approximate surface area is 152 Å². The van der Waals surface area contributed by atoms with Crippen LogP contribution < -0.4 is 14.8 Å². The number of benzene rings is 2. The van der Waals surface area contributed by atoms with Gasteiger partial charge >= 0.3 is 0 Å². The highest BCUT2D eigenvalue weighted by Gasteiger charge is 2.23. The second-order valence-corrected chi connectivity index (χ2v) is 6.33. The van der Waals surface area contributed by atoms with E-state index in [-0.39, 0.29) is 17.9 Å². The zero-order valence-corrected chi connectivity index (χ0v) is 14.9. The molecule has 0 aliphatic carbocycles. The average molecular weight is 354 g/mol. The first-order valence-electron chi connectivity index (χ1n) is 8.50. The SMILES string of the molecule is CC(=O)Nc1ccc(CC(=O)N(C)CC2COc3ccccc3O2)cc1. The van der Waals surface area contributed by atoms with Gasteiger partial charge in [0.1, 0.15) is 6.61 Å². The maximum Gasteiger partial charge on any atom is 0.226 e. The van der Waals surface area contributed by atoms with Gasteiger partial charge in [0.25, 0.3) is 0 Å². The van der Waals surface area contributed by atoms with E-state index in [9.17, 15) is 9.59 Å². The predicted octanol–water partition coefficient (Wildman–Crippen LogP) is 2.49. The van der Waals surface area contributed by atoms with Crippen molar-refractivity contribution in [3.63, 3.8) is 0 Å². The number of fused-ring (bicyclic) bond motifs is 1. The topological polar surface area (TPSA) is 67.9 Å². The molecule has 2 aromatic rings. The molecule has 0 fully saturated rings. The molecule has 1 unspecified atom stereocenters. The van der Waals surface area contributed by atoms with Gasteiger partial charge in [0.2, 0.25) is 11.8 Å². The zero-order chi connectivity index (χ0) is 18.5. The Morgan fingerprint density at radius 2 is 1.81 bits per heavy atom. The van der Waals surface area contributed by atoms with Crippen LogP contribution in [-0.4, -0.2) is 43.0 Å². The smallest absolute Gasteiger partial charge is 0.226 e. The number of anilines is 1. The number of para-hydroxylation sites is 2. The van der Waals surface area contributed by atoms with Crippen LogP contribution in [0.2, 0.25) is 0 Å². The van der Waals surface area contributed by atoms with Crippen LogP contribution >= 0.6 is 0 Å². The number of amides is 2. The van der Waals surface area contributed by atoms with E-state index in [0.717, 1.165) is 11.3 Å². The average Bonchev–Trinajstić information content (AvgIpc) is 2.62. The van der Waals surface area contributed by atoms with Crippen LogP contribution in [0.4, 0.5) is 5.69 Å². The zero-order valence-electron chi connectivity index (χ0n) is 14.9. The van der Waals surface area contributed by atoms with Crippen molar-refractivity contribution in [3.05, 3.63) is 54.1 Å². The van der Waals surface area contributed by atoms with Crippen LogP contribution in [0.15, 0.2) is 48.5 Å². The van der Waals surface area contributed by atoms with Gasteiger partial charge in [0, 0.05) is 19.7 Å². The number of nitrogens with zero attached hydrogens (tertiary/aromatic N) is 1. The summed E-state index contributed by atoms with van der Waals surface area (Å²) in [5.74, 6) is 1.32. The highest BCUT2D eigenvalue weighted by molar-refractivity contribution is 5.88. The van der Waals surface area contributed by atoms with Gasteiger partial charge in [-0.05, 0) is 29.8 Å². The third-order valence-corrected chi connectivity index (χ3v) is 4.10. The predicted molar refractivity (Wildman–Crippen MR) is 98.4 cm³/mol. The van der Waals surface area contributed by atoms with Crippen LogP contribution in [-0.2, 0) is 16.0 Å². The Morgan fingerprint density at radius 3 is 2.50 bits per heavy atom. The summed E-state index contributed by atoms with van der Waals surface area (Å²) < 4.78 is 11.6. The lowest BCUT2D eigenvalue weighted by Gasteiger charge is -2.29. The Hall–Kier alpha value is -3.02. The first kappa shape index (κ1) is 17.8. The number of likely N-dealkylation sites (N-methyl/N-ethyl adjacent to an activating group) is 1. The van der Waals surface area contributed by atoms with E-state index >= 15 is 0 Å². The third-order valence-electron chi connectivity index (χ3n) is 4.10. The minimum absolute atomic E-state index is 0.000245. The lowest BCUT2D eigenvalue weighted by Crippen LogP contribution is -2.42. The summed E-state index contributed by atoms with van der Waals surface area (Å²) in [5, 5.41) is 2.71. The van der Waals surface area contributed by atoms with Crippen LogP contribution in [0.3, 0.4) is 0 Å². The molecule has 1 aliphatic heterocycles. The number of hydrogen-bond acceptors (Lipinski definition) is 4. The van der Waals surface area contributed by atoms with E-state index in [1.807, 2.05) is 36.4 Å². The highest BCUT2D eigenvalue weighted by atomic mass is 16.6. The van der Waals surface area contributed by atoms with Gasteiger partial charge in [0.05, 0.1) is 13.0 Å². The summed E-state index contributed by atoms with van der Waals surface area (Å²) in [6.07, 6.45) is 0.0991. The fourth-order valence-electron chi connectivity index (χ4n) is 2.78. The van der Waals surface area contributed by atoms with Gasteiger partial charge in [0.15, 0.2) is 17.6 Å². The van der Waals surface area contributed by atoms with Gasteiger partial charge in [-0.25, -0.2) is 0 Å². The molecular formula is C20H22N2O4. The second kappa shape index (κ2) is 7.91. The fraction of sp³-hybridized carbons (Fsp3) is 0.300. The quantitative estimate of drug-likeness (QED) is 0.896. The number of hydrogen-bond donors (Lipinski definition) is 1. The van der Waals surface area contributed by atoms with Crippen molar-refractivity contribution in [2.24, 2.45) is 0 Å². The normalized spacial score (nSPS) is 15.2. The fourth-order valence-corrected chi connectivity index (χ4v) is 2.78. The van der Waals surface area contributed by atoms with Crippen molar-refractivity contribution in [3.8, 4) is 11.5 Å². The molecule has 6 heteroatoms. The van der Waals surface area contributed by atoms with E-state index in [4.69, 9.17) is 9.47 Å². The van der Waals surface area contributed by atoms with E-state index in [2.05, 4.69) is 5.32 Å². The summed E-state index contributed by atoms with van der Waals surface area (Å²) in [4.78, 5) is 25.1. The molecule has 0 saturated heterocycles. The summed E-state index contributed by atoms with van der Waals surface area (Å²) in [6.45, 7) is 2.33. The van der Waals surface area contributed by atoms with Gasteiger partial charge < -0.3 is 19.7 Å². The van der Waals surface area contributed by atoms with Crippen molar-refractivity contribution in [1.82, 2.24) is 4.90 Å². The first-order chi connectivity index (χ1) is 12.5. The van der Waals surface area contributed by atoms with Crippen molar-refractivity contribution in [1.29, 1.82) is 0 Å². The molecule has 6 nitrogen and oxygen atoms in total. The van der Waals surface area contributed by atoms with E-state index < -0.39 is 0 Å². The third kappa shape index (κ3) is 4.53. The molecule has 2 aromatic carbocycles. The van der Waals surface area contributed by atoms with Crippen LogP contribution in [0.25, 0.3) is 0 Å². The standard InChI is InChI=1S/C20H22N2O4/c1-14(23)21-16-9-7-15(8-10-16)11-20(24)22(2)12-17-13-25-18-5-3-4-6-19(18)26-17/h3-10,17H,11-13H2,1-2H3,(H,21,23). The monoisotopic (exact) mass is 354 g/mol. The largest absolute Gasteiger partial charge is 0.486 e. The lowest BCUT2D eigenvalue weighted by atomic mass is 10.1. The Morgan fingerprint density at radius 1 is 1.12 bits per heavy atom. The summed E-state index contributed by atoms with van der Waals surface area (Å²) in [6, 6.07) is 14.8. The first-order valence-corrected chi connectivity index (χ1v) is 8.50. The van der Waals surface area contributed by atoms with Crippen LogP contribution in [0, 0.1) is 0 Å². The van der Waals surface area contributed by atoms with E-state index in [1.165, 1.54) is 6.92 Å². The maximum absolute atomic E-state index is 12.5. The molecule has 0 aromatic heterocycles. The molecule has 136 valence electrons.